The van der Waals surface area contributed by atoms with Gasteiger partial charge in [0.2, 0.25) is 5.88 Å². The number of aromatic nitrogens is 1. The van der Waals surface area contributed by atoms with Crippen molar-refractivity contribution in [1.29, 1.82) is 0 Å². The smallest absolute Gasteiger partial charge is 0.216 e. The Balaban J connectivity index is 2.83. The van der Waals surface area contributed by atoms with Crippen molar-refractivity contribution in [2.75, 3.05) is 27.4 Å². The van der Waals surface area contributed by atoms with Crippen LogP contribution in [0.25, 0.3) is 0 Å². The van der Waals surface area contributed by atoms with Gasteiger partial charge in [0.05, 0.1) is 26.6 Å². The number of unbranched alkanes of at least 4 members (excludes halogenated alkanes) is 2. The van der Waals surface area contributed by atoms with Crippen LogP contribution >= 0.6 is 0 Å². The molecule has 0 aromatic carbocycles. The van der Waals surface area contributed by atoms with Crippen molar-refractivity contribution in [2.24, 2.45) is 5.73 Å². The SMILES string of the molecule is COc1cc(CCCCCF)c(OC)nc1CCN. The molecule has 0 saturated heterocycles. The fourth-order valence-corrected chi connectivity index (χ4v) is 1.99. The number of nitrogens with zero attached hydrogens (tertiary/aromatic N) is 1. The van der Waals surface area contributed by atoms with E-state index in [9.17, 15) is 4.39 Å². The molecule has 1 rings (SSSR count). The third-order valence-corrected chi connectivity index (χ3v) is 2.98. The zero-order valence-electron chi connectivity index (χ0n) is 11.7. The van der Waals surface area contributed by atoms with E-state index in [1.165, 1.54) is 0 Å². The number of aryl methyl sites for hydroxylation is 1. The predicted octanol–water partition coefficient (Wildman–Crippen LogP) is 2.28. The molecule has 0 bridgehead atoms. The maximum atomic E-state index is 12.1. The molecule has 0 unspecified atom stereocenters. The summed E-state index contributed by atoms with van der Waals surface area (Å²) in [5.74, 6) is 1.36. The van der Waals surface area contributed by atoms with E-state index in [1.54, 1.807) is 14.2 Å². The average Bonchev–Trinajstić information content (AvgIpc) is 2.44. The molecule has 19 heavy (non-hydrogen) atoms. The maximum absolute atomic E-state index is 12.1. The van der Waals surface area contributed by atoms with E-state index in [-0.39, 0.29) is 6.67 Å². The highest BCUT2D eigenvalue weighted by atomic mass is 19.1. The van der Waals surface area contributed by atoms with Crippen LogP contribution in [0.5, 0.6) is 11.6 Å². The lowest BCUT2D eigenvalue weighted by Crippen LogP contribution is -2.08. The number of nitrogens with two attached hydrogens (primary N) is 1. The second kappa shape index (κ2) is 8.69. The molecule has 0 radical (unpaired) electrons. The lowest BCUT2D eigenvalue weighted by molar-refractivity contribution is 0.376. The third-order valence-electron chi connectivity index (χ3n) is 2.98. The van der Waals surface area contributed by atoms with E-state index < -0.39 is 0 Å². The van der Waals surface area contributed by atoms with Crippen LogP contribution in [0.3, 0.4) is 0 Å². The van der Waals surface area contributed by atoms with Crippen LogP contribution in [0.4, 0.5) is 4.39 Å². The summed E-state index contributed by atoms with van der Waals surface area (Å²) in [6, 6.07) is 1.95. The molecule has 4 nitrogen and oxygen atoms in total. The summed E-state index contributed by atoms with van der Waals surface area (Å²) in [6.45, 7) is 0.260. The first-order chi connectivity index (χ1) is 9.26. The monoisotopic (exact) mass is 270 g/mol. The number of hydrogen-bond donors (Lipinski definition) is 1. The number of hydrogen-bond acceptors (Lipinski definition) is 4. The van der Waals surface area contributed by atoms with Crippen LogP contribution in [-0.2, 0) is 12.8 Å². The molecule has 0 aliphatic carbocycles. The molecule has 1 heterocycles. The highest BCUT2D eigenvalue weighted by molar-refractivity contribution is 5.39. The molecule has 0 atom stereocenters. The molecule has 108 valence electrons. The van der Waals surface area contributed by atoms with Gasteiger partial charge in [-0.2, -0.15) is 0 Å². The molecule has 2 N–H and O–H groups in total. The molecule has 1 aromatic heterocycles. The summed E-state index contributed by atoms with van der Waals surface area (Å²) < 4.78 is 22.7. The summed E-state index contributed by atoms with van der Waals surface area (Å²) in [5, 5.41) is 0. The van der Waals surface area contributed by atoms with Gasteiger partial charge in [-0.15, -0.1) is 0 Å². The molecule has 1 aromatic rings. The van der Waals surface area contributed by atoms with Crippen LogP contribution in [0.15, 0.2) is 6.07 Å². The van der Waals surface area contributed by atoms with Crippen molar-refractivity contribution in [3.8, 4) is 11.6 Å². The van der Waals surface area contributed by atoms with Gasteiger partial charge in [0.1, 0.15) is 5.75 Å². The van der Waals surface area contributed by atoms with Crippen molar-refractivity contribution in [2.45, 2.75) is 32.1 Å². The summed E-state index contributed by atoms with van der Waals surface area (Å²) >= 11 is 0. The average molecular weight is 270 g/mol. The summed E-state index contributed by atoms with van der Waals surface area (Å²) in [5.41, 5.74) is 7.37. The molecule has 0 aliphatic rings. The van der Waals surface area contributed by atoms with Crippen molar-refractivity contribution in [1.82, 2.24) is 4.98 Å². The molecule has 0 aliphatic heterocycles. The van der Waals surface area contributed by atoms with Gasteiger partial charge in [0.25, 0.3) is 0 Å². The largest absolute Gasteiger partial charge is 0.495 e. The topological polar surface area (TPSA) is 57.4 Å². The number of halogens is 1. The molecule has 0 spiro atoms. The standard InChI is InChI=1S/C14H23FN2O2/c1-18-13-10-11(6-4-3-5-8-15)14(19-2)17-12(13)7-9-16/h10H,3-9,16H2,1-2H3. The Kier molecular flexibility index (Phi) is 7.18. The lowest BCUT2D eigenvalue weighted by Gasteiger charge is -2.13. The van der Waals surface area contributed by atoms with Crippen LogP contribution < -0.4 is 15.2 Å². The highest BCUT2D eigenvalue weighted by Crippen LogP contribution is 2.27. The van der Waals surface area contributed by atoms with Crippen LogP contribution in [-0.4, -0.2) is 32.4 Å². The van der Waals surface area contributed by atoms with Crippen LogP contribution in [0.2, 0.25) is 0 Å². The summed E-state index contributed by atoms with van der Waals surface area (Å²) in [7, 11) is 3.22. The van der Waals surface area contributed by atoms with E-state index in [4.69, 9.17) is 15.2 Å². The highest BCUT2D eigenvalue weighted by Gasteiger charge is 2.12. The zero-order valence-corrected chi connectivity index (χ0v) is 11.7. The molecule has 0 amide bonds. The Bertz CT molecular complexity index is 386. The van der Waals surface area contributed by atoms with E-state index in [1.807, 2.05) is 6.07 Å². The van der Waals surface area contributed by atoms with Gasteiger partial charge >= 0.3 is 0 Å². The van der Waals surface area contributed by atoms with Gasteiger partial charge in [-0.25, -0.2) is 4.98 Å². The predicted molar refractivity (Wildman–Crippen MR) is 73.6 cm³/mol. The van der Waals surface area contributed by atoms with Crippen molar-refractivity contribution < 1.29 is 13.9 Å². The number of alkyl halides is 1. The van der Waals surface area contributed by atoms with Crippen molar-refractivity contribution in [3.63, 3.8) is 0 Å². The van der Waals surface area contributed by atoms with Gasteiger partial charge in [-0.05, 0) is 31.9 Å². The molecule has 0 saturated carbocycles. The van der Waals surface area contributed by atoms with Crippen LogP contribution in [0.1, 0.15) is 30.5 Å². The first-order valence-electron chi connectivity index (χ1n) is 6.63. The Hall–Kier alpha value is -1.36. The minimum absolute atomic E-state index is 0.256. The molecular weight excluding hydrogens is 247 g/mol. The molecule has 5 heteroatoms. The van der Waals surface area contributed by atoms with Gasteiger partial charge in [0, 0.05) is 12.0 Å². The normalized spacial score (nSPS) is 10.5. The quantitative estimate of drug-likeness (QED) is 0.699. The fourth-order valence-electron chi connectivity index (χ4n) is 1.99. The van der Waals surface area contributed by atoms with Gasteiger partial charge in [-0.3, -0.25) is 4.39 Å². The summed E-state index contributed by atoms with van der Waals surface area (Å²) in [4.78, 5) is 4.45. The Morgan fingerprint density at radius 1 is 1.16 bits per heavy atom. The second-order valence-corrected chi connectivity index (χ2v) is 4.34. The molecule has 0 fully saturated rings. The Morgan fingerprint density at radius 3 is 2.53 bits per heavy atom. The van der Waals surface area contributed by atoms with E-state index >= 15 is 0 Å². The van der Waals surface area contributed by atoms with Gasteiger partial charge in [0.15, 0.2) is 0 Å². The second-order valence-electron chi connectivity index (χ2n) is 4.34. The van der Waals surface area contributed by atoms with E-state index in [0.29, 0.717) is 25.3 Å². The van der Waals surface area contributed by atoms with Crippen molar-refractivity contribution >= 4 is 0 Å². The zero-order chi connectivity index (χ0) is 14.1. The maximum Gasteiger partial charge on any atom is 0.216 e. The van der Waals surface area contributed by atoms with E-state index in [0.717, 1.165) is 36.3 Å². The first kappa shape index (κ1) is 15.7. The minimum Gasteiger partial charge on any atom is -0.495 e. The minimum atomic E-state index is -0.256. The summed E-state index contributed by atoms with van der Waals surface area (Å²) in [6.07, 6.45) is 3.86. The number of pyridine rings is 1. The van der Waals surface area contributed by atoms with E-state index in [2.05, 4.69) is 4.98 Å². The first-order valence-corrected chi connectivity index (χ1v) is 6.63. The molecular formula is C14H23FN2O2. The number of ether oxygens (including phenoxy) is 2. The third kappa shape index (κ3) is 4.67. The fraction of sp³-hybridized carbons (Fsp3) is 0.643. The van der Waals surface area contributed by atoms with Crippen LogP contribution in [0, 0.1) is 0 Å². The van der Waals surface area contributed by atoms with Gasteiger partial charge in [-0.1, -0.05) is 6.42 Å². The number of rotatable bonds is 9. The van der Waals surface area contributed by atoms with Crippen molar-refractivity contribution in [3.05, 3.63) is 17.3 Å². The van der Waals surface area contributed by atoms with Gasteiger partial charge < -0.3 is 15.2 Å². The Labute approximate surface area is 114 Å². The number of methoxy groups -OCH3 is 2. The lowest BCUT2D eigenvalue weighted by atomic mass is 10.1. The Morgan fingerprint density at radius 2 is 1.95 bits per heavy atom.